The SMILES string of the molecule is O=Cc1ccc2c(c1)-c1cc(F)ccc1-2. The first-order chi connectivity index (χ1) is 7.29. The number of hydrogen-bond donors (Lipinski definition) is 0. The van der Waals surface area contributed by atoms with Crippen LogP contribution in [-0.4, -0.2) is 6.29 Å². The predicted octanol–water partition coefficient (Wildman–Crippen LogP) is 3.29. The molecule has 0 aliphatic heterocycles. The van der Waals surface area contributed by atoms with Crippen LogP contribution in [0.3, 0.4) is 0 Å². The van der Waals surface area contributed by atoms with Crippen LogP contribution in [0.5, 0.6) is 0 Å². The van der Waals surface area contributed by atoms with Crippen molar-refractivity contribution in [2.75, 3.05) is 0 Å². The molecular formula is C13H7FO. The largest absolute Gasteiger partial charge is 0.298 e. The highest BCUT2D eigenvalue weighted by molar-refractivity contribution is 6.03. The Hall–Kier alpha value is -1.96. The Balaban J connectivity index is 2.22. The topological polar surface area (TPSA) is 17.1 Å². The summed E-state index contributed by atoms with van der Waals surface area (Å²) >= 11 is 0. The standard InChI is InChI=1S/C13H7FO/c14-9-2-4-11-10-3-1-8(7-15)5-12(10)13(11)6-9/h1-7H. The van der Waals surface area contributed by atoms with Crippen molar-refractivity contribution >= 4 is 6.29 Å². The number of carbonyl (C=O) groups is 1. The van der Waals surface area contributed by atoms with E-state index in [0.717, 1.165) is 28.5 Å². The second kappa shape index (κ2) is 2.76. The van der Waals surface area contributed by atoms with Gasteiger partial charge < -0.3 is 0 Å². The van der Waals surface area contributed by atoms with Crippen molar-refractivity contribution in [1.29, 1.82) is 0 Å². The first kappa shape index (κ1) is 8.36. The second-order valence-corrected chi connectivity index (χ2v) is 3.61. The maximum Gasteiger partial charge on any atom is 0.150 e. The minimum absolute atomic E-state index is 0.240. The number of carbonyl (C=O) groups excluding carboxylic acids is 1. The van der Waals surface area contributed by atoms with Gasteiger partial charge in [-0.05, 0) is 40.5 Å². The van der Waals surface area contributed by atoms with Crippen LogP contribution in [0, 0.1) is 5.82 Å². The van der Waals surface area contributed by atoms with Crippen molar-refractivity contribution in [3.8, 4) is 22.3 Å². The minimum Gasteiger partial charge on any atom is -0.298 e. The lowest BCUT2D eigenvalue weighted by Crippen LogP contribution is -2.00. The van der Waals surface area contributed by atoms with Gasteiger partial charge in [0.2, 0.25) is 0 Å². The molecule has 0 heterocycles. The molecule has 15 heavy (non-hydrogen) atoms. The van der Waals surface area contributed by atoms with E-state index in [1.165, 1.54) is 12.1 Å². The van der Waals surface area contributed by atoms with Gasteiger partial charge in [-0.25, -0.2) is 4.39 Å². The molecule has 0 bridgehead atoms. The van der Waals surface area contributed by atoms with Gasteiger partial charge in [0, 0.05) is 5.56 Å². The van der Waals surface area contributed by atoms with E-state index < -0.39 is 0 Å². The molecule has 72 valence electrons. The van der Waals surface area contributed by atoms with Crippen molar-refractivity contribution in [1.82, 2.24) is 0 Å². The second-order valence-electron chi connectivity index (χ2n) is 3.61. The fraction of sp³-hybridized carbons (Fsp3) is 0. The van der Waals surface area contributed by atoms with Crippen molar-refractivity contribution < 1.29 is 9.18 Å². The monoisotopic (exact) mass is 198 g/mol. The Bertz CT molecular complexity index is 573. The van der Waals surface area contributed by atoms with E-state index in [-0.39, 0.29) is 5.82 Å². The summed E-state index contributed by atoms with van der Waals surface area (Å²) in [5.41, 5.74) is 4.64. The molecule has 1 nitrogen and oxygen atoms in total. The van der Waals surface area contributed by atoms with E-state index in [1.54, 1.807) is 18.2 Å². The maximum atomic E-state index is 13.0. The third-order valence-corrected chi connectivity index (χ3v) is 2.74. The van der Waals surface area contributed by atoms with Gasteiger partial charge in [-0.3, -0.25) is 4.79 Å². The Labute approximate surface area is 86.2 Å². The average molecular weight is 198 g/mol. The van der Waals surface area contributed by atoms with Crippen LogP contribution in [0.4, 0.5) is 4.39 Å². The highest BCUT2D eigenvalue weighted by Crippen LogP contribution is 2.47. The van der Waals surface area contributed by atoms with Gasteiger partial charge in [-0.15, -0.1) is 0 Å². The van der Waals surface area contributed by atoms with Crippen LogP contribution in [0.2, 0.25) is 0 Å². The average Bonchev–Trinajstić information content (AvgIpc) is 2.26. The molecule has 0 saturated carbocycles. The summed E-state index contributed by atoms with van der Waals surface area (Å²) in [5, 5.41) is 0. The molecular weight excluding hydrogens is 191 g/mol. The van der Waals surface area contributed by atoms with E-state index in [1.807, 2.05) is 6.07 Å². The van der Waals surface area contributed by atoms with E-state index in [4.69, 9.17) is 0 Å². The quantitative estimate of drug-likeness (QED) is 0.548. The van der Waals surface area contributed by atoms with E-state index in [2.05, 4.69) is 0 Å². The first-order valence-electron chi connectivity index (χ1n) is 4.69. The van der Waals surface area contributed by atoms with E-state index >= 15 is 0 Å². The van der Waals surface area contributed by atoms with Crippen LogP contribution < -0.4 is 0 Å². The molecule has 2 aromatic rings. The number of fused-ring (bicyclic) bond motifs is 4. The molecule has 0 spiro atoms. The Morgan fingerprint density at radius 2 is 1.53 bits per heavy atom. The summed E-state index contributed by atoms with van der Waals surface area (Å²) in [5.74, 6) is -0.240. The molecule has 0 radical (unpaired) electrons. The Morgan fingerprint density at radius 1 is 0.867 bits per heavy atom. The first-order valence-corrected chi connectivity index (χ1v) is 4.69. The van der Waals surface area contributed by atoms with Crippen LogP contribution >= 0.6 is 0 Å². The molecule has 0 unspecified atom stereocenters. The van der Waals surface area contributed by atoms with Gasteiger partial charge >= 0.3 is 0 Å². The van der Waals surface area contributed by atoms with Crippen molar-refractivity contribution in [3.63, 3.8) is 0 Å². The Morgan fingerprint density at radius 3 is 2.27 bits per heavy atom. The van der Waals surface area contributed by atoms with E-state index in [0.29, 0.717) is 5.56 Å². The summed E-state index contributed by atoms with van der Waals surface area (Å²) in [6.07, 6.45) is 0.803. The summed E-state index contributed by atoms with van der Waals surface area (Å²) < 4.78 is 13.0. The number of halogens is 1. The smallest absolute Gasteiger partial charge is 0.150 e. The number of aldehydes is 1. The fourth-order valence-corrected chi connectivity index (χ4v) is 2.00. The molecule has 0 N–H and O–H groups in total. The zero-order valence-electron chi connectivity index (χ0n) is 7.83. The third kappa shape index (κ3) is 1.05. The molecule has 0 atom stereocenters. The van der Waals surface area contributed by atoms with Gasteiger partial charge in [-0.1, -0.05) is 18.2 Å². The van der Waals surface area contributed by atoms with Gasteiger partial charge in [-0.2, -0.15) is 0 Å². The van der Waals surface area contributed by atoms with E-state index in [9.17, 15) is 9.18 Å². The number of hydrogen-bond acceptors (Lipinski definition) is 1. The molecule has 0 aromatic heterocycles. The highest BCUT2D eigenvalue weighted by Gasteiger charge is 2.22. The van der Waals surface area contributed by atoms with Crippen molar-refractivity contribution in [2.24, 2.45) is 0 Å². The minimum atomic E-state index is -0.240. The predicted molar refractivity (Wildman–Crippen MR) is 56.2 cm³/mol. The lowest BCUT2D eigenvalue weighted by molar-refractivity contribution is 0.112. The normalized spacial score (nSPS) is 11.3. The third-order valence-electron chi connectivity index (χ3n) is 2.74. The van der Waals surface area contributed by atoms with Gasteiger partial charge in [0.1, 0.15) is 12.1 Å². The van der Waals surface area contributed by atoms with Gasteiger partial charge in [0.05, 0.1) is 0 Å². The number of benzene rings is 2. The molecule has 2 aromatic carbocycles. The zero-order valence-corrected chi connectivity index (χ0v) is 7.83. The van der Waals surface area contributed by atoms with Crippen molar-refractivity contribution in [2.45, 2.75) is 0 Å². The molecule has 1 aliphatic carbocycles. The maximum absolute atomic E-state index is 13.0. The van der Waals surface area contributed by atoms with Gasteiger partial charge in [0.25, 0.3) is 0 Å². The van der Waals surface area contributed by atoms with Crippen LogP contribution in [0.1, 0.15) is 10.4 Å². The van der Waals surface area contributed by atoms with Crippen LogP contribution in [0.15, 0.2) is 36.4 Å². The number of rotatable bonds is 1. The zero-order chi connectivity index (χ0) is 10.4. The van der Waals surface area contributed by atoms with Crippen LogP contribution in [-0.2, 0) is 0 Å². The fourth-order valence-electron chi connectivity index (χ4n) is 2.00. The molecule has 2 heteroatoms. The summed E-state index contributed by atoms with van der Waals surface area (Å²) in [6, 6.07) is 10.2. The van der Waals surface area contributed by atoms with Crippen molar-refractivity contribution in [3.05, 3.63) is 47.8 Å². The summed E-state index contributed by atoms with van der Waals surface area (Å²) in [7, 11) is 0. The molecule has 0 amide bonds. The Kier molecular flexibility index (Phi) is 1.54. The molecule has 3 rings (SSSR count). The molecule has 0 saturated heterocycles. The van der Waals surface area contributed by atoms with Gasteiger partial charge in [0.15, 0.2) is 0 Å². The molecule has 1 aliphatic rings. The lowest BCUT2D eigenvalue weighted by Gasteiger charge is -2.23. The summed E-state index contributed by atoms with van der Waals surface area (Å²) in [4.78, 5) is 10.6. The summed E-state index contributed by atoms with van der Waals surface area (Å²) in [6.45, 7) is 0. The van der Waals surface area contributed by atoms with Crippen LogP contribution in [0.25, 0.3) is 22.3 Å². The highest BCUT2D eigenvalue weighted by atomic mass is 19.1. The molecule has 0 fully saturated rings. The lowest BCUT2D eigenvalue weighted by atomic mass is 9.80.